The molecule has 0 aliphatic carbocycles. The number of nitro groups is 1. The Morgan fingerprint density at radius 3 is 2.39 bits per heavy atom. The van der Waals surface area contributed by atoms with E-state index in [4.69, 9.17) is 0 Å². The monoisotopic (exact) mass is 400 g/mol. The number of amides is 1. The number of carbonyl (C=O) groups excluding carboxylic acids is 2. The number of nitrogens with zero attached hydrogens (tertiary/aromatic N) is 2. The highest BCUT2D eigenvalue weighted by Crippen LogP contribution is 2.39. The number of halogens is 5. The van der Waals surface area contributed by atoms with E-state index >= 15 is 0 Å². The van der Waals surface area contributed by atoms with E-state index in [1.54, 1.807) is 0 Å². The fraction of sp³-hybridized carbons (Fsp3) is 0.176. The quantitative estimate of drug-likeness (QED) is 0.433. The first-order chi connectivity index (χ1) is 13.0. The molecule has 1 aliphatic rings. The van der Waals surface area contributed by atoms with Crippen LogP contribution in [0.1, 0.15) is 27.1 Å². The summed E-state index contributed by atoms with van der Waals surface area (Å²) in [6.07, 6.45) is -6.14. The first-order valence-electron chi connectivity index (χ1n) is 7.67. The Morgan fingerprint density at radius 2 is 1.82 bits per heavy atom. The topological polar surface area (TPSA) is 80.5 Å². The lowest BCUT2D eigenvalue weighted by Crippen LogP contribution is -2.53. The third-order valence-corrected chi connectivity index (χ3v) is 4.20. The van der Waals surface area contributed by atoms with Gasteiger partial charge in [0.05, 0.1) is 10.6 Å². The van der Waals surface area contributed by atoms with Crippen LogP contribution in [0.3, 0.4) is 0 Å². The third-order valence-electron chi connectivity index (χ3n) is 4.20. The molecule has 146 valence electrons. The second kappa shape index (κ2) is 6.66. The Balaban J connectivity index is 2.14. The number of Topliss-reactive ketones (excluding diaryl/α,β-unsaturated/α-hetero) is 1. The highest BCUT2D eigenvalue weighted by Gasteiger charge is 2.50. The fourth-order valence-corrected chi connectivity index (χ4v) is 2.93. The summed E-state index contributed by atoms with van der Waals surface area (Å²) in [6.45, 7) is 0. The number of fused-ring (bicyclic) bond motifs is 1. The predicted molar refractivity (Wildman–Crippen MR) is 85.1 cm³/mol. The first kappa shape index (κ1) is 19.4. The summed E-state index contributed by atoms with van der Waals surface area (Å²) >= 11 is 0. The number of rotatable bonds is 2. The average molecular weight is 400 g/mol. The number of nitro benzene ring substituents is 1. The van der Waals surface area contributed by atoms with Crippen LogP contribution in [0.4, 0.5) is 33.3 Å². The van der Waals surface area contributed by atoms with Crippen molar-refractivity contribution in [1.29, 1.82) is 0 Å². The van der Waals surface area contributed by atoms with Crippen molar-refractivity contribution >= 4 is 23.1 Å². The summed E-state index contributed by atoms with van der Waals surface area (Å²) in [5.41, 5.74) is -2.46. The van der Waals surface area contributed by atoms with E-state index in [0.717, 1.165) is 18.2 Å². The van der Waals surface area contributed by atoms with Gasteiger partial charge in [-0.3, -0.25) is 24.6 Å². The van der Waals surface area contributed by atoms with Gasteiger partial charge < -0.3 is 0 Å². The molecule has 11 heteroatoms. The van der Waals surface area contributed by atoms with Crippen LogP contribution in [0, 0.1) is 21.7 Å². The molecule has 0 aromatic heterocycles. The number of alkyl halides is 3. The highest BCUT2D eigenvalue weighted by atomic mass is 19.4. The summed E-state index contributed by atoms with van der Waals surface area (Å²) in [7, 11) is 0. The van der Waals surface area contributed by atoms with Gasteiger partial charge in [0.25, 0.3) is 5.91 Å². The van der Waals surface area contributed by atoms with E-state index in [1.165, 1.54) is 0 Å². The van der Waals surface area contributed by atoms with Crippen LogP contribution in [0.5, 0.6) is 0 Å². The molecule has 0 N–H and O–H groups in total. The van der Waals surface area contributed by atoms with Gasteiger partial charge >= 0.3 is 11.9 Å². The van der Waals surface area contributed by atoms with E-state index in [9.17, 15) is 41.7 Å². The van der Waals surface area contributed by atoms with Crippen LogP contribution in [0.25, 0.3) is 0 Å². The van der Waals surface area contributed by atoms with Crippen molar-refractivity contribution in [2.75, 3.05) is 4.90 Å². The van der Waals surface area contributed by atoms with Gasteiger partial charge in [-0.1, -0.05) is 0 Å². The standard InChI is InChI=1S/C17H9F5N2O4/c18-9-2-4-12-10(6-9)14(25)7-15(17(20,21)22)23(12)16(26)8-1-3-13(24(27)28)11(19)5-8/h1-6,15H,7H2. The van der Waals surface area contributed by atoms with E-state index in [0.29, 0.717) is 18.2 Å². The summed E-state index contributed by atoms with van der Waals surface area (Å²) < 4.78 is 67.7. The molecule has 0 radical (unpaired) electrons. The molecule has 0 saturated carbocycles. The average Bonchev–Trinajstić information content (AvgIpc) is 2.60. The molecule has 1 unspecified atom stereocenters. The number of ketones is 1. The van der Waals surface area contributed by atoms with E-state index in [2.05, 4.69) is 0 Å². The molecule has 1 aliphatic heterocycles. The molecule has 2 aromatic rings. The molecule has 0 spiro atoms. The van der Waals surface area contributed by atoms with Gasteiger partial charge in [-0.05, 0) is 30.3 Å². The minimum atomic E-state index is -5.00. The van der Waals surface area contributed by atoms with Gasteiger partial charge in [0.1, 0.15) is 11.9 Å². The van der Waals surface area contributed by atoms with Crippen LogP contribution < -0.4 is 4.90 Å². The van der Waals surface area contributed by atoms with Crippen molar-refractivity contribution < 1.29 is 36.5 Å². The molecule has 6 nitrogen and oxygen atoms in total. The Morgan fingerprint density at radius 1 is 1.14 bits per heavy atom. The van der Waals surface area contributed by atoms with Crippen LogP contribution in [-0.4, -0.2) is 28.8 Å². The number of anilines is 1. The Labute approximate surface area is 153 Å². The minimum Gasteiger partial charge on any atom is -0.295 e. The predicted octanol–water partition coefficient (Wildman–Crippen LogP) is 4.04. The number of benzene rings is 2. The zero-order valence-electron chi connectivity index (χ0n) is 13.7. The molecule has 28 heavy (non-hydrogen) atoms. The molecule has 1 atom stereocenters. The Hall–Kier alpha value is -3.37. The molecule has 0 saturated heterocycles. The number of hydrogen-bond acceptors (Lipinski definition) is 4. The second-order valence-electron chi connectivity index (χ2n) is 5.94. The molecule has 0 fully saturated rings. The van der Waals surface area contributed by atoms with Crippen molar-refractivity contribution in [2.45, 2.75) is 18.6 Å². The summed E-state index contributed by atoms with van der Waals surface area (Å²) in [5.74, 6) is -4.63. The van der Waals surface area contributed by atoms with Crippen LogP contribution >= 0.6 is 0 Å². The molecule has 2 aromatic carbocycles. The fourth-order valence-electron chi connectivity index (χ4n) is 2.93. The van der Waals surface area contributed by atoms with Crippen molar-refractivity contribution in [2.24, 2.45) is 0 Å². The number of carbonyl (C=O) groups is 2. The van der Waals surface area contributed by atoms with Gasteiger partial charge in [0.15, 0.2) is 5.78 Å². The normalized spacial score (nSPS) is 16.7. The summed E-state index contributed by atoms with van der Waals surface area (Å²) in [6, 6.07) is 1.67. The second-order valence-corrected chi connectivity index (χ2v) is 5.94. The van der Waals surface area contributed by atoms with Crippen LogP contribution in [0.2, 0.25) is 0 Å². The van der Waals surface area contributed by atoms with E-state index < -0.39 is 69.4 Å². The molecular weight excluding hydrogens is 391 g/mol. The van der Waals surface area contributed by atoms with Gasteiger partial charge in [-0.2, -0.15) is 17.6 Å². The van der Waals surface area contributed by atoms with Gasteiger partial charge in [-0.15, -0.1) is 0 Å². The number of hydrogen-bond donors (Lipinski definition) is 0. The zero-order chi connectivity index (χ0) is 20.8. The minimum absolute atomic E-state index is 0.233. The summed E-state index contributed by atoms with van der Waals surface area (Å²) in [5, 5.41) is 10.7. The zero-order valence-corrected chi connectivity index (χ0v) is 13.7. The van der Waals surface area contributed by atoms with Crippen molar-refractivity contribution in [3.8, 4) is 0 Å². The van der Waals surface area contributed by atoms with E-state index in [-0.39, 0.29) is 4.90 Å². The first-order valence-corrected chi connectivity index (χ1v) is 7.67. The summed E-state index contributed by atoms with van der Waals surface area (Å²) in [4.78, 5) is 34.6. The maximum absolute atomic E-state index is 13.8. The lowest BCUT2D eigenvalue weighted by molar-refractivity contribution is -0.387. The van der Waals surface area contributed by atoms with Gasteiger partial charge in [0.2, 0.25) is 5.82 Å². The smallest absolute Gasteiger partial charge is 0.295 e. The molecule has 1 amide bonds. The van der Waals surface area contributed by atoms with Crippen molar-refractivity contribution in [3.63, 3.8) is 0 Å². The third kappa shape index (κ3) is 3.30. The van der Waals surface area contributed by atoms with Crippen molar-refractivity contribution in [3.05, 3.63) is 69.3 Å². The SMILES string of the molecule is O=C1CC(C(F)(F)F)N(C(=O)c2ccc([N+](=O)[O-])c(F)c2)c2ccc(F)cc21. The lowest BCUT2D eigenvalue weighted by atomic mass is 9.93. The Kier molecular flexibility index (Phi) is 4.61. The maximum Gasteiger partial charge on any atom is 0.409 e. The molecule has 3 rings (SSSR count). The van der Waals surface area contributed by atoms with Gasteiger partial charge in [-0.25, -0.2) is 4.39 Å². The molecule has 0 bridgehead atoms. The Bertz CT molecular complexity index is 1010. The molecule has 1 heterocycles. The van der Waals surface area contributed by atoms with Crippen LogP contribution in [-0.2, 0) is 0 Å². The molecular formula is C17H9F5N2O4. The maximum atomic E-state index is 13.8. The van der Waals surface area contributed by atoms with Crippen LogP contribution in [0.15, 0.2) is 36.4 Å². The van der Waals surface area contributed by atoms with E-state index in [1.807, 2.05) is 0 Å². The van der Waals surface area contributed by atoms with Crippen molar-refractivity contribution in [1.82, 2.24) is 0 Å². The van der Waals surface area contributed by atoms with Gasteiger partial charge in [0, 0.05) is 23.6 Å². The largest absolute Gasteiger partial charge is 0.409 e. The highest BCUT2D eigenvalue weighted by molar-refractivity contribution is 6.14. The lowest BCUT2D eigenvalue weighted by Gasteiger charge is -2.37.